The van der Waals surface area contributed by atoms with Gasteiger partial charge in [0, 0.05) is 11.8 Å². The van der Waals surface area contributed by atoms with Crippen molar-refractivity contribution in [3.05, 3.63) is 24.0 Å². The minimum Gasteiger partial charge on any atom is -0.489 e. The smallest absolute Gasteiger partial charge is 0.138 e. The molecule has 1 aliphatic carbocycles. The highest BCUT2D eigenvalue weighted by Crippen LogP contribution is 2.40. The van der Waals surface area contributed by atoms with Crippen LogP contribution in [0.1, 0.15) is 52.0 Å². The molecule has 0 spiro atoms. The van der Waals surface area contributed by atoms with Gasteiger partial charge in [0.1, 0.15) is 5.75 Å². The molecule has 0 saturated heterocycles. The van der Waals surface area contributed by atoms with Gasteiger partial charge in [-0.2, -0.15) is 0 Å². The van der Waals surface area contributed by atoms with Gasteiger partial charge in [0.25, 0.3) is 0 Å². The average Bonchev–Trinajstić information content (AvgIpc) is 2.28. The summed E-state index contributed by atoms with van der Waals surface area (Å²) in [7, 11) is 0. The Bertz CT molecular complexity index is 405. The third-order valence-electron chi connectivity index (χ3n) is 3.60. The highest BCUT2D eigenvalue weighted by molar-refractivity contribution is 5.28. The van der Waals surface area contributed by atoms with E-state index >= 15 is 0 Å². The van der Waals surface area contributed by atoms with Crippen LogP contribution in [0.2, 0.25) is 0 Å². The molecule has 0 aliphatic heterocycles. The molecule has 18 heavy (non-hydrogen) atoms. The van der Waals surface area contributed by atoms with E-state index in [9.17, 15) is 5.11 Å². The molecular weight excluding hydrogens is 226 g/mol. The van der Waals surface area contributed by atoms with Crippen LogP contribution in [-0.4, -0.2) is 16.2 Å². The Labute approximate surface area is 109 Å². The Balaban J connectivity index is 2.21. The molecule has 2 rings (SSSR count). The highest BCUT2D eigenvalue weighted by atomic mass is 16.5. The normalized spacial score (nSPS) is 28.4. The van der Waals surface area contributed by atoms with Crippen molar-refractivity contribution in [2.45, 2.75) is 58.2 Å². The van der Waals surface area contributed by atoms with Crippen LogP contribution < -0.4 is 4.74 Å². The first-order valence-electron chi connectivity index (χ1n) is 6.84. The maximum Gasteiger partial charge on any atom is 0.138 e. The van der Waals surface area contributed by atoms with E-state index in [1.54, 1.807) is 12.4 Å². The maximum absolute atomic E-state index is 10.8. The van der Waals surface area contributed by atoms with E-state index < -0.39 is 5.60 Å². The van der Waals surface area contributed by atoms with Gasteiger partial charge in [0.2, 0.25) is 0 Å². The third kappa shape index (κ3) is 3.02. The Morgan fingerprint density at radius 1 is 1.44 bits per heavy atom. The molecule has 3 nitrogen and oxygen atoms in total. The molecule has 1 aromatic heterocycles. The molecular formula is C15H23NO2. The van der Waals surface area contributed by atoms with Gasteiger partial charge in [-0.25, -0.2) is 0 Å². The van der Waals surface area contributed by atoms with Crippen molar-refractivity contribution in [3.8, 4) is 5.75 Å². The van der Waals surface area contributed by atoms with E-state index in [0.717, 1.165) is 30.6 Å². The van der Waals surface area contributed by atoms with E-state index in [1.807, 2.05) is 19.9 Å². The summed E-state index contributed by atoms with van der Waals surface area (Å²) in [6.07, 6.45) is 7.53. The third-order valence-corrected chi connectivity index (χ3v) is 3.60. The van der Waals surface area contributed by atoms with Crippen molar-refractivity contribution >= 4 is 0 Å². The Morgan fingerprint density at radius 2 is 2.22 bits per heavy atom. The molecule has 1 aromatic rings. The Kier molecular flexibility index (Phi) is 3.91. The molecule has 0 amide bonds. The zero-order valence-corrected chi connectivity index (χ0v) is 11.5. The van der Waals surface area contributed by atoms with Crippen LogP contribution in [0.5, 0.6) is 5.75 Å². The first-order chi connectivity index (χ1) is 8.49. The number of nitrogens with zero attached hydrogens (tertiary/aromatic N) is 1. The van der Waals surface area contributed by atoms with Crippen LogP contribution in [0.15, 0.2) is 18.5 Å². The van der Waals surface area contributed by atoms with Crippen LogP contribution in [0.25, 0.3) is 0 Å². The maximum atomic E-state index is 10.8. The van der Waals surface area contributed by atoms with Crippen molar-refractivity contribution < 1.29 is 9.84 Å². The fourth-order valence-corrected chi connectivity index (χ4v) is 2.80. The van der Waals surface area contributed by atoms with Crippen molar-refractivity contribution in [3.63, 3.8) is 0 Å². The molecule has 2 atom stereocenters. The number of rotatable bonds is 3. The van der Waals surface area contributed by atoms with Crippen LogP contribution in [0.3, 0.4) is 0 Å². The second kappa shape index (κ2) is 5.27. The van der Waals surface area contributed by atoms with Gasteiger partial charge in [-0.15, -0.1) is 0 Å². The van der Waals surface area contributed by atoms with Crippen LogP contribution in [-0.2, 0) is 5.60 Å². The Hall–Kier alpha value is -1.09. The summed E-state index contributed by atoms with van der Waals surface area (Å²) in [5, 5.41) is 10.8. The van der Waals surface area contributed by atoms with Crippen molar-refractivity contribution in [2.24, 2.45) is 5.92 Å². The van der Waals surface area contributed by atoms with Gasteiger partial charge < -0.3 is 9.84 Å². The summed E-state index contributed by atoms with van der Waals surface area (Å²) in [6.45, 7) is 6.18. The summed E-state index contributed by atoms with van der Waals surface area (Å²) in [5.74, 6) is 1.31. The zero-order valence-electron chi connectivity index (χ0n) is 11.5. The second-order valence-corrected chi connectivity index (χ2v) is 5.81. The molecule has 0 radical (unpaired) electrons. The summed E-state index contributed by atoms with van der Waals surface area (Å²) < 4.78 is 5.64. The lowest BCUT2D eigenvalue weighted by Gasteiger charge is -2.35. The average molecular weight is 249 g/mol. The minimum absolute atomic E-state index is 0.127. The van der Waals surface area contributed by atoms with Gasteiger partial charge >= 0.3 is 0 Å². The fraction of sp³-hybridized carbons (Fsp3) is 0.667. The summed E-state index contributed by atoms with van der Waals surface area (Å²) in [5.41, 5.74) is 0.174. The van der Waals surface area contributed by atoms with E-state index in [0.29, 0.717) is 5.92 Å². The highest BCUT2D eigenvalue weighted by Gasteiger charge is 2.34. The van der Waals surface area contributed by atoms with Crippen LogP contribution >= 0.6 is 0 Å². The molecule has 2 unspecified atom stereocenters. The lowest BCUT2D eigenvalue weighted by atomic mass is 9.75. The quantitative estimate of drug-likeness (QED) is 0.894. The number of aromatic nitrogens is 1. The molecule has 1 N–H and O–H groups in total. The molecule has 1 aliphatic rings. The fourth-order valence-electron chi connectivity index (χ4n) is 2.80. The molecule has 0 aromatic carbocycles. The number of hydrogen-bond donors (Lipinski definition) is 1. The standard InChI is InChI=1S/C15H23NO2/c1-11(2)18-14-7-13(9-16-10-14)15(17)6-4-5-12(3)8-15/h7,9-12,17H,4-6,8H2,1-3H3. The van der Waals surface area contributed by atoms with Gasteiger partial charge in [-0.05, 0) is 45.1 Å². The predicted molar refractivity (Wildman–Crippen MR) is 71.5 cm³/mol. The van der Waals surface area contributed by atoms with Crippen molar-refractivity contribution in [1.82, 2.24) is 4.98 Å². The lowest BCUT2D eigenvalue weighted by Crippen LogP contribution is -2.32. The molecule has 100 valence electrons. The van der Waals surface area contributed by atoms with E-state index in [1.165, 1.54) is 6.42 Å². The van der Waals surface area contributed by atoms with E-state index in [-0.39, 0.29) is 6.10 Å². The SMILES string of the molecule is CC1CCCC(O)(c2cncc(OC(C)C)c2)C1. The molecule has 3 heteroatoms. The van der Waals surface area contributed by atoms with Crippen LogP contribution in [0.4, 0.5) is 0 Å². The molecule has 1 saturated carbocycles. The molecule has 0 bridgehead atoms. The molecule has 1 heterocycles. The van der Waals surface area contributed by atoms with Gasteiger partial charge in [0.05, 0.1) is 17.9 Å². The largest absolute Gasteiger partial charge is 0.489 e. The van der Waals surface area contributed by atoms with Gasteiger partial charge in [0.15, 0.2) is 0 Å². The monoisotopic (exact) mass is 249 g/mol. The van der Waals surface area contributed by atoms with Gasteiger partial charge in [-0.3, -0.25) is 4.98 Å². The van der Waals surface area contributed by atoms with Gasteiger partial charge in [-0.1, -0.05) is 13.3 Å². The zero-order chi connectivity index (χ0) is 13.2. The summed E-state index contributed by atoms with van der Waals surface area (Å²) >= 11 is 0. The topological polar surface area (TPSA) is 42.4 Å². The number of ether oxygens (including phenoxy) is 1. The molecule has 1 fully saturated rings. The van der Waals surface area contributed by atoms with Crippen molar-refractivity contribution in [2.75, 3.05) is 0 Å². The Morgan fingerprint density at radius 3 is 2.89 bits per heavy atom. The second-order valence-electron chi connectivity index (χ2n) is 5.81. The van der Waals surface area contributed by atoms with Crippen molar-refractivity contribution in [1.29, 1.82) is 0 Å². The number of hydrogen-bond acceptors (Lipinski definition) is 3. The van der Waals surface area contributed by atoms with E-state index in [2.05, 4.69) is 11.9 Å². The first kappa shape index (κ1) is 13.3. The lowest BCUT2D eigenvalue weighted by molar-refractivity contribution is -0.0184. The first-order valence-corrected chi connectivity index (χ1v) is 6.84. The summed E-state index contributed by atoms with van der Waals surface area (Å²) in [4.78, 5) is 4.20. The minimum atomic E-state index is -0.721. The predicted octanol–water partition coefficient (Wildman–Crippen LogP) is 3.27. The number of aliphatic hydroxyl groups is 1. The van der Waals surface area contributed by atoms with E-state index in [4.69, 9.17) is 4.74 Å². The number of pyridine rings is 1. The summed E-state index contributed by atoms with van der Waals surface area (Å²) in [6, 6.07) is 1.94. The van der Waals surface area contributed by atoms with Crippen LogP contribution in [0, 0.1) is 5.92 Å².